The van der Waals surface area contributed by atoms with Crippen LogP contribution in [0, 0.1) is 11.2 Å². The molecule has 0 aromatic heterocycles. The number of carboxylic acid groups (broad SMARTS) is 1. The topological polar surface area (TPSA) is 66.8 Å². The van der Waals surface area contributed by atoms with Crippen LogP contribution in [0.4, 0.5) is 4.39 Å². The molecule has 0 fully saturated rings. The fourth-order valence-corrected chi connectivity index (χ4v) is 1.69. The van der Waals surface area contributed by atoms with Crippen molar-refractivity contribution in [3.05, 3.63) is 22.5 Å². The lowest BCUT2D eigenvalue weighted by Gasteiger charge is -2.21. The number of rotatable bonds is 4. The minimum atomic E-state index is -1.18. The highest BCUT2D eigenvalue weighted by Gasteiger charge is 2.31. The number of phenols is 1. The number of methoxy groups -OCH3 is 1. The van der Waals surface area contributed by atoms with Gasteiger partial charge in [0.15, 0.2) is 11.5 Å². The molecule has 0 amide bonds. The Morgan fingerprint density at radius 2 is 2.11 bits per heavy atom. The fraction of sp³-hybridized carbons (Fsp3) is 0.417. The van der Waals surface area contributed by atoms with Gasteiger partial charge in [-0.3, -0.25) is 4.79 Å². The summed E-state index contributed by atoms with van der Waals surface area (Å²) in [7, 11) is 1.27. The second-order valence-corrected chi connectivity index (χ2v) is 4.95. The van der Waals surface area contributed by atoms with Crippen LogP contribution in [0.1, 0.15) is 19.4 Å². The van der Waals surface area contributed by atoms with Gasteiger partial charge >= 0.3 is 5.97 Å². The minimum Gasteiger partial charge on any atom is -0.504 e. The summed E-state index contributed by atoms with van der Waals surface area (Å²) in [4.78, 5) is 11.0. The molecule has 0 spiro atoms. The zero-order chi connectivity index (χ0) is 14.1. The maximum atomic E-state index is 13.5. The Morgan fingerprint density at radius 3 is 2.56 bits per heavy atom. The summed E-state index contributed by atoms with van der Waals surface area (Å²) in [5, 5.41) is 18.6. The molecule has 1 rings (SSSR count). The van der Waals surface area contributed by atoms with E-state index in [0.717, 1.165) is 6.07 Å². The Morgan fingerprint density at radius 1 is 1.56 bits per heavy atom. The highest BCUT2D eigenvalue weighted by Crippen LogP contribution is 2.40. The summed E-state index contributed by atoms with van der Waals surface area (Å²) in [6.45, 7) is 2.92. The van der Waals surface area contributed by atoms with Crippen molar-refractivity contribution < 1.29 is 24.1 Å². The van der Waals surface area contributed by atoms with Crippen molar-refractivity contribution in [2.24, 2.45) is 5.41 Å². The first-order valence-corrected chi connectivity index (χ1v) is 5.55. The zero-order valence-electron chi connectivity index (χ0n) is 10.3. The van der Waals surface area contributed by atoms with Crippen LogP contribution < -0.4 is 4.74 Å². The summed E-state index contributed by atoms with van der Waals surface area (Å²) in [5.74, 6) is -2.24. The first-order chi connectivity index (χ1) is 8.20. The van der Waals surface area contributed by atoms with Crippen LogP contribution >= 0.6 is 11.6 Å². The van der Waals surface area contributed by atoms with Crippen molar-refractivity contribution in [2.75, 3.05) is 7.11 Å². The van der Waals surface area contributed by atoms with Crippen LogP contribution in [-0.4, -0.2) is 23.3 Å². The molecule has 4 nitrogen and oxygen atoms in total. The van der Waals surface area contributed by atoms with Crippen molar-refractivity contribution in [2.45, 2.75) is 20.3 Å². The van der Waals surface area contributed by atoms with Crippen molar-refractivity contribution in [3.63, 3.8) is 0 Å². The quantitative estimate of drug-likeness (QED) is 0.887. The molecule has 1 aromatic carbocycles. The molecule has 1 aromatic rings. The molecular weight excluding hydrogens is 263 g/mol. The van der Waals surface area contributed by atoms with Gasteiger partial charge in [-0.05, 0) is 20.3 Å². The third-order valence-electron chi connectivity index (χ3n) is 2.67. The molecule has 0 bridgehead atoms. The molecular formula is C12H14ClFO4. The van der Waals surface area contributed by atoms with Gasteiger partial charge in [-0.15, -0.1) is 0 Å². The summed E-state index contributed by atoms with van der Waals surface area (Å²) in [5.41, 5.74) is -1.15. The number of hydrogen-bond acceptors (Lipinski definition) is 3. The van der Waals surface area contributed by atoms with E-state index in [4.69, 9.17) is 21.4 Å². The first kappa shape index (κ1) is 14.6. The third kappa shape index (κ3) is 2.67. The SMILES string of the molecule is COc1cc(F)c(Cl)c(CC(C)(C)C(=O)O)c1O. The number of benzene rings is 1. The maximum Gasteiger partial charge on any atom is 0.309 e. The van der Waals surface area contributed by atoms with Crippen molar-refractivity contribution >= 4 is 17.6 Å². The van der Waals surface area contributed by atoms with E-state index in [0.29, 0.717) is 0 Å². The third-order valence-corrected chi connectivity index (χ3v) is 3.08. The summed E-state index contributed by atoms with van der Waals surface area (Å²) in [6.07, 6.45) is -0.110. The minimum absolute atomic E-state index is 0.0286. The van der Waals surface area contributed by atoms with E-state index in [2.05, 4.69) is 0 Å². The molecule has 100 valence electrons. The van der Waals surface area contributed by atoms with Gasteiger partial charge in [-0.1, -0.05) is 11.6 Å². The van der Waals surface area contributed by atoms with Crippen LogP contribution in [0.25, 0.3) is 0 Å². The zero-order valence-corrected chi connectivity index (χ0v) is 11.0. The van der Waals surface area contributed by atoms with Crippen LogP contribution in [0.3, 0.4) is 0 Å². The Balaban J connectivity index is 3.32. The highest BCUT2D eigenvalue weighted by atomic mass is 35.5. The first-order valence-electron chi connectivity index (χ1n) is 5.18. The molecule has 0 saturated carbocycles. The molecule has 2 N–H and O–H groups in total. The summed E-state index contributed by atoms with van der Waals surface area (Å²) < 4.78 is 18.3. The standard InChI is InChI=1S/C12H14ClFO4/c1-12(2,11(16)17)5-6-9(13)7(14)4-8(18-3)10(6)15/h4,15H,5H2,1-3H3,(H,16,17). The second kappa shape index (κ2) is 5.02. The number of aliphatic carboxylic acids is 1. The van der Waals surface area contributed by atoms with E-state index in [9.17, 15) is 14.3 Å². The van der Waals surface area contributed by atoms with Gasteiger partial charge in [0.25, 0.3) is 0 Å². The molecule has 0 heterocycles. The second-order valence-electron chi connectivity index (χ2n) is 4.57. The van der Waals surface area contributed by atoms with Gasteiger partial charge in [0.1, 0.15) is 5.82 Å². The molecule has 0 unspecified atom stereocenters. The van der Waals surface area contributed by atoms with E-state index in [-0.39, 0.29) is 28.5 Å². The van der Waals surface area contributed by atoms with Crippen LogP contribution in [0.15, 0.2) is 6.07 Å². The molecule has 18 heavy (non-hydrogen) atoms. The number of hydrogen-bond donors (Lipinski definition) is 2. The lowest BCUT2D eigenvalue weighted by Crippen LogP contribution is -2.26. The van der Waals surface area contributed by atoms with E-state index in [1.165, 1.54) is 21.0 Å². The van der Waals surface area contributed by atoms with E-state index >= 15 is 0 Å². The monoisotopic (exact) mass is 276 g/mol. The van der Waals surface area contributed by atoms with Gasteiger partial charge in [0.05, 0.1) is 17.5 Å². The summed E-state index contributed by atoms with van der Waals surface area (Å²) in [6, 6.07) is 0.953. The number of carbonyl (C=O) groups is 1. The lowest BCUT2D eigenvalue weighted by molar-refractivity contribution is -0.146. The molecule has 0 aliphatic rings. The van der Waals surface area contributed by atoms with Gasteiger partial charge in [-0.25, -0.2) is 4.39 Å². The lowest BCUT2D eigenvalue weighted by atomic mass is 9.85. The van der Waals surface area contributed by atoms with E-state index in [1.54, 1.807) is 0 Å². The largest absolute Gasteiger partial charge is 0.504 e. The maximum absolute atomic E-state index is 13.5. The molecule has 0 radical (unpaired) electrons. The van der Waals surface area contributed by atoms with Gasteiger partial charge in [-0.2, -0.15) is 0 Å². The average Bonchev–Trinajstić information content (AvgIpc) is 2.29. The highest BCUT2D eigenvalue weighted by molar-refractivity contribution is 6.31. The molecule has 0 aliphatic heterocycles. The van der Waals surface area contributed by atoms with Crippen molar-refractivity contribution in [1.82, 2.24) is 0 Å². The van der Waals surface area contributed by atoms with Gasteiger partial charge in [0.2, 0.25) is 0 Å². The molecule has 0 aliphatic carbocycles. The average molecular weight is 277 g/mol. The molecule has 6 heteroatoms. The van der Waals surface area contributed by atoms with E-state index in [1.807, 2.05) is 0 Å². The number of aromatic hydroxyl groups is 1. The van der Waals surface area contributed by atoms with Crippen LogP contribution in [0.5, 0.6) is 11.5 Å². The molecule has 0 atom stereocenters. The predicted octanol–water partition coefficient (Wildman–Crippen LogP) is 2.85. The predicted molar refractivity (Wildman–Crippen MR) is 64.7 cm³/mol. The van der Waals surface area contributed by atoms with Crippen LogP contribution in [-0.2, 0) is 11.2 Å². The fourth-order valence-electron chi connectivity index (χ4n) is 1.48. The van der Waals surface area contributed by atoms with Crippen LogP contribution in [0.2, 0.25) is 5.02 Å². The molecule has 0 saturated heterocycles. The number of ether oxygens (including phenoxy) is 1. The summed E-state index contributed by atoms with van der Waals surface area (Å²) >= 11 is 5.75. The Labute approximate surface area is 109 Å². The van der Waals surface area contributed by atoms with Crippen molar-refractivity contribution in [3.8, 4) is 11.5 Å². The van der Waals surface area contributed by atoms with Gasteiger partial charge in [0, 0.05) is 11.6 Å². The number of phenolic OH excluding ortho intramolecular Hbond substituents is 1. The van der Waals surface area contributed by atoms with E-state index < -0.39 is 17.2 Å². The number of carboxylic acids is 1. The van der Waals surface area contributed by atoms with Gasteiger partial charge < -0.3 is 14.9 Å². The smallest absolute Gasteiger partial charge is 0.309 e. The normalized spacial score (nSPS) is 11.4. The Kier molecular flexibility index (Phi) is 4.06. The Hall–Kier alpha value is -1.49. The number of halogens is 2. The van der Waals surface area contributed by atoms with Crippen molar-refractivity contribution in [1.29, 1.82) is 0 Å². The Bertz CT molecular complexity index is 485.